The van der Waals surface area contributed by atoms with E-state index < -0.39 is 11.9 Å². The van der Waals surface area contributed by atoms with Crippen molar-refractivity contribution in [2.45, 2.75) is 50.5 Å². The Balaban J connectivity index is 1.21. The minimum Gasteiger partial charge on any atom is -0.341 e. The molecule has 1 aromatic carbocycles. The van der Waals surface area contributed by atoms with Gasteiger partial charge >= 0.3 is 6.18 Å². The Kier molecular flexibility index (Phi) is 5.67. The molecule has 9 nitrogen and oxygen atoms in total. The fourth-order valence-corrected chi connectivity index (χ4v) is 5.41. The molecule has 1 aliphatic heterocycles. The van der Waals surface area contributed by atoms with Crippen LogP contribution < -0.4 is 9.80 Å². The largest absolute Gasteiger partial charge is 0.434 e. The summed E-state index contributed by atoms with van der Waals surface area (Å²) in [6.45, 7) is 0.517. The van der Waals surface area contributed by atoms with Crippen LogP contribution in [0.3, 0.4) is 0 Å². The maximum Gasteiger partial charge on any atom is 0.434 e. The minimum absolute atomic E-state index is 0.0169. The molecule has 7 rings (SSSR count). The number of halogens is 4. The van der Waals surface area contributed by atoms with Crippen molar-refractivity contribution in [2.24, 2.45) is 7.05 Å². The van der Waals surface area contributed by atoms with Crippen molar-refractivity contribution in [3.8, 4) is 22.9 Å². The van der Waals surface area contributed by atoms with E-state index in [0.717, 1.165) is 37.4 Å². The highest BCUT2D eigenvalue weighted by molar-refractivity contribution is 6.32. The standard InChI is InChI=1S/C27H24ClF3N8O/c1-36-13-21(27(29,30)31)34-25(36)16-4-2-15(3-5-16)12-37-14-22(40)38(17-6-7-17)20-11-32-24(35-26(20)37)23-19(28)10-33-39(23)18-8-9-18/h2-5,10-11,13,17-18H,6-9,12,14H2,1H3. The van der Waals surface area contributed by atoms with Crippen LogP contribution in [0.15, 0.2) is 42.9 Å². The quantitative estimate of drug-likeness (QED) is 0.315. The molecule has 206 valence electrons. The minimum atomic E-state index is -4.51. The summed E-state index contributed by atoms with van der Waals surface area (Å²) in [4.78, 5) is 30.2. The Morgan fingerprint density at radius 2 is 1.75 bits per heavy atom. The van der Waals surface area contributed by atoms with E-state index in [4.69, 9.17) is 16.6 Å². The van der Waals surface area contributed by atoms with Gasteiger partial charge in [0.05, 0.1) is 30.0 Å². The Morgan fingerprint density at radius 3 is 2.40 bits per heavy atom. The number of rotatable bonds is 6. The zero-order valence-electron chi connectivity index (χ0n) is 21.4. The molecule has 0 unspecified atom stereocenters. The van der Waals surface area contributed by atoms with Crippen molar-refractivity contribution in [1.29, 1.82) is 0 Å². The van der Waals surface area contributed by atoms with Crippen LogP contribution in [-0.4, -0.2) is 47.8 Å². The van der Waals surface area contributed by atoms with Gasteiger partial charge in [0.15, 0.2) is 17.3 Å². The predicted molar refractivity (Wildman–Crippen MR) is 142 cm³/mol. The summed E-state index contributed by atoms with van der Waals surface area (Å²) in [7, 11) is 1.53. The molecule has 0 spiro atoms. The molecule has 0 atom stereocenters. The van der Waals surface area contributed by atoms with E-state index in [0.29, 0.717) is 40.2 Å². The summed E-state index contributed by atoms with van der Waals surface area (Å²) in [6, 6.07) is 7.57. The van der Waals surface area contributed by atoms with E-state index in [1.807, 2.05) is 21.7 Å². The first-order chi connectivity index (χ1) is 19.2. The number of imidazole rings is 1. The SMILES string of the molecule is Cn1cc(C(F)(F)F)nc1-c1ccc(CN2CC(=O)N(C3CC3)c3cnc(-c4c(Cl)cnn4C4CC4)nc32)cc1. The van der Waals surface area contributed by atoms with Crippen molar-refractivity contribution < 1.29 is 18.0 Å². The topological polar surface area (TPSA) is 85.0 Å². The van der Waals surface area contributed by atoms with Gasteiger partial charge < -0.3 is 14.4 Å². The number of carbonyl (C=O) groups is 1. The molecule has 1 amide bonds. The smallest absolute Gasteiger partial charge is 0.341 e. The van der Waals surface area contributed by atoms with E-state index in [1.165, 1.54) is 11.6 Å². The second-order valence-electron chi connectivity index (χ2n) is 10.5. The second kappa shape index (κ2) is 9.05. The number of aryl methyl sites for hydroxylation is 1. The highest BCUT2D eigenvalue weighted by Crippen LogP contribution is 2.43. The number of hydrogen-bond donors (Lipinski definition) is 0. The summed E-state index contributed by atoms with van der Waals surface area (Å²) in [6.07, 6.45) is 3.70. The van der Waals surface area contributed by atoms with Crippen molar-refractivity contribution in [1.82, 2.24) is 29.3 Å². The van der Waals surface area contributed by atoms with Crippen LogP contribution in [0.5, 0.6) is 0 Å². The summed E-state index contributed by atoms with van der Waals surface area (Å²) in [5.41, 5.74) is 1.83. The predicted octanol–water partition coefficient (Wildman–Crippen LogP) is 5.26. The molecule has 13 heteroatoms. The third-order valence-electron chi connectivity index (χ3n) is 7.42. The van der Waals surface area contributed by atoms with Crippen molar-refractivity contribution in [3.05, 3.63) is 59.1 Å². The monoisotopic (exact) mass is 568 g/mol. The molecule has 0 bridgehead atoms. The average molecular weight is 569 g/mol. The van der Waals surface area contributed by atoms with Gasteiger partial charge in [0.2, 0.25) is 5.91 Å². The molecule has 2 aliphatic carbocycles. The van der Waals surface area contributed by atoms with Crippen LogP contribution in [-0.2, 0) is 24.6 Å². The molecule has 40 heavy (non-hydrogen) atoms. The van der Waals surface area contributed by atoms with E-state index in [2.05, 4.69) is 15.1 Å². The Hall–Kier alpha value is -3.93. The van der Waals surface area contributed by atoms with E-state index in [-0.39, 0.29) is 30.4 Å². The molecule has 0 saturated heterocycles. The van der Waals surface area contributed by atoms with Gasteiger partial charge in [-0.1, -0.05) is 35.9 Å². The third kappa shape index (κ3) is 4.40. The van der Waals surface area contributed by atoms with Gasteiger partial charge in [0.1, 0.15) is 17.2 Å². The van der Waals surface area contributed by atoms with Gasteiger partial charge in [0.25, 0.3) is 0 Å². The number of carbonyl (C=O) groups excluding carboxylic acids is 1. The number of fused-ring (bicyclic) bond motifs is 1. The molecule has 0 N–H and O–H groups in total. The normalized spacial score (nSPS) is 17.5. The lowest BCUT2D eigenvalue weighted by Gasteiger charge is -2.36. The first kappa shape index (κ1) is 25.1. The fraction of sp³-hybridized carbons (Fsp3) is 0.370. The Bertz CT molecular complexity index is 1620. The van der Waals surface area contributed by atoms with E-state index in [1.54, 1.807) is 29.4 Å². The van der Waals surface area contributed by atoms with Crippen LogP contribution in [0.1, 0.15) is 43.0 Å². The first-order valence-electron chi connectivity index (χ1n) is 13.0. The first-order valence-corrected chi connectivity index (χ1v) is 13.4. The molecule has 4 heterocycles. The number of anilines is 2. The second-order valence-corrected chi connectivity index (χ2v) is 10.9. The molecule has 3 aliphatic rings. The zero-order valence-corrected chi connectivity index (χ0v) is 22.2. The zero-order chi connectivity index (χ0) is 27.8. The van der Waals surface area contributed by atoms with Gasteiger partial charge in [-0.3, -0.25) is 9.48 Å². The van der Waals surface area contributed by atoms with E-state index >= 15 is 0 Å². The van der Waals surface area contributed by atoms with Crippen LogP contribution >= 0.6 is 11.6 Å². The fourth-order valence-electron chi connectivity index (χ4n) is 5.19. The number of aromatic nitrogens is 6. The van der Waals surface area contributed by atoms with Gasteiger partial charge in [-0.2, -0.15) is 18.3 Å². The number of amides is 1. The number of nitrogens with zero attached hydrogens (tertiary/aromatic N) is 8. The maximum absolute atomic E-state index is 13.2. The lowest BCUT2D eigenvalue weighted by molar-refractivity contribution is -0.140. The molecule has 2 saturated carbocycles. The summed E-state index contributed by atoms with van der Waals surface area (Å²) in [5.74, 6) is 1.30. The number of benzene rings is 1. The third-order valence-corrected chi connectivity index (χ3v) is 7.70. The van der Waals surface area contributed by atoms with Crippen molar-refractivity contribution >= 4 is 29.0 Å². The van der Waals surface area contributed by atoms with Gasteiger partial charge in [-0.25, -0.2) is 15.0 Å². The molecular formula is C27H24ClF3N8O. The van der Waals surface area contributed by atoms with Crippen LogP contribution in [0.2, 0.25) is 5.02 Å². The van der Waals surface area contributed by atoms with Gasteiger partial charge in [-0.15, -0.1) is 0 Å². The summed E-state index contributed by atoms with van der Waals surface area (Å²) >= 11 is 6.51. The maximum atomic E-state index is 13.2. The average Bonchev–Trinajstić information content (AvgIpc) is 3.85. The molecule has 3 aromatic heterocycles. The molecule has 2 fully saturated rings. The van der Waals surface area contributed by atoms with Crippen molar-refractivity contribution in [2.75, 3.05) is 16.3 Å². The lowest BCUT2D eigenvalue weighted by atomic mass is 10.1. The lowest BCUT2D eigenvalue weighted by Crippen LogP contribution is -2.47. The summed E-state index contributed by atoms with van der Waals surface area (Å²) < 4.78 is 42.6. The van der Waals surface area contributed by atoms with Crippen LogP contribution in [0.25, 0.3) is 22.9 Å². The van der Waals surface area contributed by atoms with E-state index in [9.17, 15) is 18.0 Å². The number of alkyl halides is 3. The van der Waals surface area contributed by atoms with Crippen LogP contribution in [0.4, 0.5) is 24.7 Å². The Morgan fingerprint density at radius 1 is 1.02 bits per heavy atom. The summed E-state index contributed by atoms with van der Waals surface area (Å²) in [5, 5.41) is 4.90. The van der Waals surface area contributed by atoms with Crippen molar-refractivity contribution in [3.63, 3.8) is 0 Å². The molecule has 0 radical (unpaired) electrons. The highest BCUT2D eigenvalue weighted by atomic mass is 35.5. The van der Waals surface area contributed by atoms with Gasteiger partial charge in [-0.05, 0) is 31.2 Å². The molecule has 4 aromatic rings. The molecular weight excluding hydrogens is 545 g/mol. The number of hydrogen-bond acceptors (Lipinski definition) is 6. The Labute approximate surface area is 232 Å². The van der Waals surface area contributed by atoms with Gasteiger partial charge in [0, 0.05) is 31.4 Å². The van der Waals surface area contributed by atoms with Crippen LogP contribution in [0, 0.1) is 0 Å². The highest BCUT2D eigenvalue weighted by Gasteiger charge is 2.41.